The maximum Gasteiger partial charge on any atom is 0.137 e. The van der Waals surface area contributed by atoms with Crippen LogP contribution in [0.25, 0.3) is 0 Å². The normalized spacial score (nSPS) is 15.2. The van der Waals surface area contributed by atoms with Crippen LogP contribution >= 0.6 is 11.6 Å². The van der Waals surface area contributed by atoms with Crippen molar-refractivity contribution in [3.8, 4) is 0 Å². The zero-order chi connectivity index (χ0) is 11.5. The molecule has 2 rings (SSSR count). The van der Waals surface area contributed by atoms with Crippen molar-refractivity contribution in [1.29, 1.82) is 0 Å². The molecule has 1 heterocycles. The van der Waals surface area contributed by atoms with Crippen LogP contribution in [0.2, 0.25) is 5.15 Å². The molecule has 0 radical (unpaired) electrons. The molecule has 1 aliphatic rings. The third-order valence-corrected chi connectivity index (χ3v) is 3.27. The van der Waals surface area contributed by atoms with Crippen LogP contribution in [0.3, 0.4) is 0 Å². The van der Waals surface area contributed by atoms with Crippen molar-refractivity contribution in [2.45, 2.75) is 45.6 Å². The van der Waals surface area contributed by atoms with Gasteiger partial charge in [-0.1, -0.05) is 25.4 Å². The minimum absolute atomic E-state index is 0.606. The van der Waals surface area contributed by atoms with E-state index in [4.69, 9.17) is 11.6 Å². The number of rotatable bonds is 5. The zero-order valence-corrected chi connectivity index (χ0v) is 10.7. The summed E-state index contributed by atoms with van der Waals surface area (Å²) in [6.45, 7) is 5.36. The Hall–Kier alpha value is -0.830. The first-order chi connectivity index (χ1) is 7.77. The highest BCUT2D eigenvalue weighted by Crippen LogP contribution is 2.34. The number of halogens is 1. The second kappa shape index (κ2) is 5.00. The first kappa shape index (κ1) is 11.6. The largest absolute Gasteiger partial charge is 0.353 e. The molecule has 1 aromatic rings. The minimum Gasteiger partial charge on any atom is -0.353 e. The molecule has 1 saturated carbocycles. The van der Waals surface area contributed by atoms with Gasteiger partial charge in [0.1, 0.15) is 17.3 Å². The van der Waals surface area contributed by atoms with Crippen LogP contribution in [-0.4, -0.2) is 22.6 Å². The molecule has 0 aliphatic heterocycles. The van der Waals surface area contributed by atoms with E-state index in [0.717, 1.165) is 30.8 Å². The minimum atomic E-state index is 0.606. The Morgan fingerprint density at radius 2 is 2.12 bits per heavy atom. The highest BCUT2D eigenvalue weighted by Gasteiger charge is 2.31. The molecule has 3 nitrogen and oxygen atoms in total. The summed E-state index contributed by atoms with van der Waals surface area (Å²) in [7, 11) is 0. The van der Waals surface area contributed by atoms with Crippen molar-refractivity contribution in [3.63, 3.8) is 0 Å². The maximum atomic E-state index is 6.12. The van der Waals surface area contributed by atoms with Gasteiger partial charge in [0.15, 0.2) is 0 Å². The van der Waals surface area contributed by atoms with Gasteiger partial charge in [-0.05, 0) is 25.7 Å². The van der Waals surface area contributed by atoms with Crippen LogP contribution in [0.15, 0.2) is 6.33 Å². The maximum absolute atomic E-state index is 6.12. The summed E-state index contributed by atoms with van der Waals surface area (Å²) in [5.41, 5.74) is 1.09. The lowest BCUT2D eigenvalue weighted by molar-refractivity contribution is 0.741. The molecule has 0 saturated heterocycles. The summed E-state index contributed by atoms with van der Waals surface area (Å²) >= 11 is 6.12. The predicted molar refractivity (Wildman–Crippen MR) is 67.1 cm³/mol. The summed E-state index contributed by atoms with van der Waals surface area (Å²) in [6.07, 6.45) is 6.17. The molecule has 4 heteroatoms. The number of nitrogens with zero attached hydrogens (tertiary/aromatic N) is 3. The summed E-state index contributed by atoms with van der Waals surface area (Å²) in [4.78, 5) is 10.9. The topological polar surface area (TPSA) is 29.0 Å². The Morgan fingerprint density at radius 3 is 2.69 bits per heavy atom. The second-order valence-electron chi connectivity index (χ2n) is 4.24. The van der Waals surface area contributed by atoms with Gasteiger partial charge in [0.05, 0.1) is 0 Å². The molecule has 0 amide bonds. The lowest BCUT2D eigenvalue weighted by atomic mass is 10.2. The second-order valence-corrected chi connectivity index (χ2v) is 4.60. The highest BCUT2D eigenvalue weighted by molar-refractivity contribution is 6.30. The van der Waals surface area contributed by atoms with Gasteiger partial charge in [-0.25, -0.2) is 9.97 Å². The van der Waals surface area contributed by atoms with Gasteiger partial charge >= 0.3 is 0 Å². The Balaban J connectivity index is 2.32. The molecule has 1 aliphatic carbocycles. The van der Waals surface area contributed by atoms with Gasteiger partial charge in [-0.15, -0.1) is 0 Å². The quantitative estimate of drug-likeness (QED) is 0.740. The average molecular weight is 240 g/mol. The molecule has 1 fully saturated rings. The van der Waals surface area contributed by atoms with Crippen molar-refractivity contribution in [1.82, 2.24) is 9.97 Å². The van der Waals surface area contributed by atoms with Gasteiger partial charge in [-0.2, -0.15) is 0 Å². The monoisotopic (exact) mass is 239 g/mol. The number of hydrogen-bond donors (Lipinski definition) is 0. The summed E-state index contributed by atoms with van der Waals surface area (Å²) in [6, 6.07) is 0.677. The van der Waals surface area contributed by atoms with E-state index < -0.39 is 0 Å². The summed E-state index contributed by atoms with van der Waals surface area (Å²) < 4.78 is 0. The Morgan fingerprint density at radius 1 is 1.38 bits per heavy atom. The van der Waals surface area contributed by atoms with Crippen LogP contribution in [0.1, 0.15) is 38.7 Å². The van der Waals surface area contributed by atoms with Crippen molar-refractivity contribution in [3.05, 3.63) is 17.0 Å². The molecule has 0 aromatic carbocycles. The van der Waals surface area contributed by atoms with Gasteiger partial charge in [0.2, 0.25) is 0 Å². The third-order valence-electron chi connectivity index (χ3n) is 2.95. The van der Waals surface area contributed by atoms with Gasteiger partial charge in [0, 0.05) is 18.2 Å². The number of aromatic nitrogens is 2. The fourth-order valence-corrected chi connectivity index (χ4v) is 2.28. The molecule has 0 bridgehead atoms. The van der Waals surface area contributed by atoms with Crippen molar-refractivity contribution < 1.29 is 0 Å². The summed E-state index contributed by atoms with van der Waals surface area (Å²) in [5.74, 6) is 1.05. The fourth-order valence-electron chi connectivity index (χ4n) is 2.02. The molecule has 0 spiro atoms. The van der Waals surface area contributed by atoms with Gasteiger partial charge < -0.3 is 4.90 Å². The third kappa shape index (κ3) is 2.29. The van der Waals surface area contributed by atoms with Gasteiger partial charge in [0.25, 0.3) is 0 Å². The molecule has 0 unspecified atom stereocenters. The number of anilines is 1. The molecular formula is C12H18ClN3. The molecule has 0 atom stereocenters. The Kier molecular flexibility index (Phi) is 3.64. The summed E-state index contributed by atoms with van der Waals surface area (Å²) in [5, 5.41) is 0.606. The number of hydrogen-bond acceptors (Lipinski definition) is 3. The van der Waals surface area contributed by atoms with E-state index in [1.807, 2.05) is 0 Å². The molecular weight excluding hydrogens is 222 g/mol. The first-order valence-corrected chi connectivity index (χ1v) is 6.41. The lowest BCUT2D eigenvalue weighted by Gasteiger charge is -2.25. The van der Waals surface area contributed by atoms with E-state index in [2.05, 4.69) is 28.7 Å². The van der Waals surface area contributed by atoms with Crippen molar-refractivity contribution in [2.75, 3.05) is 11.4 Å². The lowest BCUT2D eigenvalue weighted by Crippen LogP contribution is -2.28. The molecule has 16 heavy (non-hydrogen) atoms. The van der Waals surface area contributed by atoms with Crippen LogP contribution in [0.4, 0.5) is 5.82 Å². The fraction of sp³-hybridized carbons (Fsp3) is 0.667. The zero-order valence-electron chi connectivity index (χ0n) is 9.91. The average Bonchev–Trinajstić information content (AvgIpc) is 3.09. The predicted octanol–water partition coefficient (Wildman–Crippen LogP) is 3.07. The Bertz CT molecular complexity index is 363. The van der Waals surface area contributed by atoms with Crippen LogP contribution in [-0.2, 0) is 6.42 Å². The van der Waals surface area contributed by atoms with E-state index in [1.54, 1.807) is 6.33 Å². The van der Waals surface area contributed by atoms with E-state index in [-0.39, 0.29) is 0 Å². The van der Waals surface area contributed by atoms with Crippen molar-refractivity contribution in [2.24, 2.45) is 0 Å². The Labute approximate surface area is 102 Å². The van der Waals surface area contributed by atoms with E-state index in [1.165, 1.54) is 12.8 Å². The van der Waals surface area contributed by atoms with E-state index in [9.17, 15) is 0 Å². The molecule has 88 valence electrons. The SMILES string of the molecule is CCCN(c1ncnc(Cl)c1CC)C1CC1. The van der Waals surface area contributed by atoms with Crippen LogP contribution in [0.5, 0.6) is 0 Å². The smallest absolute Gasteiger partial charge is 0.137 e. The standard InChI is InChI=1S/C12H18ClN3/c1-3-7-16(9-5-6-9)12-10(4-2)11(13)14-8-15-12/h8-9H,3-7H2,1-2H3. The highest BCUT2D eigenvalue weighted by atomic mass is 35.5. The van der Waals surface area contributed by atoms with E-state index >= 15 is 0 Å². The molecule has 0 N–H and O–H groups in total. The van der Waals surface area contributed by atoms with Crippen molar-refractivity contribution >= 4 is 17.4 Å². The molecule has 1 aromatic heterocycles. The van der Waals surface area contributed by atoms with Gasteiger partial charge in [-0.3, -0.25) is 0 Å². The van der Waals surface area contributed by atoms with E-state index in [0.29, 0.717) is 11.2 Å². The first-order valence-electron chi connectivity index (χ1n) is 6.03. The van der Waals surface area contributed by atoms with Crippen LogP contribution < -0.4 is 4.90 Å². The van der Waals surface area contributed by atoms with Crippen LogP contribution in [0, 0.1) is 0 Å².